The predicted molar refractivity (Wildman–Crippen MR) is 71.7 cm³/mol. The van der Waals surface area contributed by atoms with Gasteiger partial charge in [-0.2, -0.15) is 0 Å². The third-order valence-corrected chi connectivity index (χ3v) is 3.12. The van der Waals surface area contributed by atoms with Gasteiger partial charge in [0, 0.05) is 0 Å². The molecule has 0 unspecified atom stereocenters. The summed E-state index contributed by atoms with van der Waals surface area (Å²) in [5.41, 5.74) is 4.34. The van der Waals surface area contributed by atoms with Crippen molar-refractivity contribution in [1.82, 2.24) is 9.97 Å². The van der Waals surface area contributed by atoms with Crippen molar-refractivity contribution in [2.45, 2.75) is 46.0 Å². The number of aromatic nitrogens is 2. The lowest BCUT2D eigenvalue weighted by Gasteiger charge is -2.24. The molecule has 1 heterocycles. The number of hydrogen-bond donors (Lipinski definition) is 2. The van der Waals surface area contributed by atoms with E-state index in [2.05, 4.69) is 56.7 Å². The third-order valence-electron chi connectivity index (χ3n) is 3.12. The second kappa shape index (κ2) is 3.76. The van der Waals surface area contributed by atoms with Gasteiger partial charge in [0.1, 0.15) is 0 Å². The maximum atomic E-state index is 11.3. The molecule has 0 saturated carbocycles. The summed E-state index contributed by atoms with van der Waals surface area (Å²) >= 11 is 0. The number of fused-ring (bicyclic) bond motifs is 1. The second-order valence-electron chi connectivity index (χ2n) is 5.97. The Bertz CT molecular complexity index is 597. The van der Waals surface area contributed by atoms with Crippen molar-refractivity contribution in [1.29, 1.82) is 0 Å². The standard InChI is InChI=1S/C14H20N2O/c1-8(2)9-6-11-12(16-13(17)15-11)7-10(9)14(3,4)5/h6-8H,1-5H3,(H2,15,16,17). The van der Waals surface area contributed by atoms with E-state index in [1.54, 1.807) is 0 Å². The minimum absolute atomic E-state index is 0.0853. The lowest BCUT2D eigenvalue weighted by atomic mass is 9.80. The molecule has 2 aromatic rings. The fourth-order valence-corrected chi connectivity index (χ4v) is 2.23. The van der Waals surface area contributed by atoms with Crippen LogP contribution in [0.3, 0.4) is 0 Å². The van der Waals surface area contributed by atoms with Gasteiger partial charge in [-0.3, -0.25) is 0 Å². The van der Waals surface area contributed by atoms with E-state index in [0.717, 1.165) is 11.0 Å². The van der Waals surface area contributed by atoms with E-state index in [-0.39, 0.29) is 11.1 Å². The number of rotatable bonds is 1. The average molecular weight is 232 g/mol. The Morgan fingerprint density at radius 1 is 1.06 bits per heavy atom. The Hall–Kier alpha value is -1.51. The first-order valence-corrected chi connectivity index (χ1v) is 6.05. The van der Waals surface area contributed by atoms with E-state index in [4.69, 9.17) is 0 Å². The van der Waals surface area contributed by atoms with E-state index in [0.29, 0.717) is 5.92 Å². The second-order valence-corrected chi connectivity index (χ2v) is 5.97. The zero-order valence-corrected chi connectivity index (χ0v) is 11.1. The highest BCUT2D eigenvalue weighted by Crippen LogP contribution is 2.32. The van der Waals surface area contributed by atoms with Crippen LogP contribution < -0.4 is 5.69 Å². The van der Waals surface area contributed by atoms with Gasteiger partial charge in [0.05, 0.1) is 11.0 Å². The quantitative estimate of drug-likeness (QED) is 0.778. The van der Waals surface area contributed by atoms with Crippen LogP contribution >= 0.6 is 0 Å². The van der Waals surface area contributed by atoms with Crippen molar-refractivity contribution >= 4 is 11.0 Å². The minimum Gasteiger partial charge on any atom is -0.306 e. The average Bonchev–Trinajstić information content (AvgIpc) is 2.53. The highest BCUT2D eigenvalue weighted by atomic mass is 16.1. The zero-order valence-electron chi connectivity index (χ0n) is 11.1. The highest BCUT2D eigenvalue weighted by Gasteiger charge is 2.20. The lowest BCUT2D eigenvalue weighted by Crippen LogP contribution is -2.15. The summed E-state index contributed by atoms with van der Waals surface area (Å²) < 4.78 is 0. The topological polar surface area (TPSA) is 48.6 Å². The molecule has 0 fully saturated rings. The maximum Gasteiger partial charge on any atom is 0.323 e. The Morgan fingerprint density at radius 2 is 1.59 bits per heavy atom. The predicted octanol–water partition coefficient (Wildman–Crippen LogP) is 3.28. The van der Waals surface area contributed by atoms with E-state index in [9.17, 15) is 4.79 Å². The van der Waals surface area contributed by atoms with Crippen LogP contribution in [0.15, 0.2) is 16.9 Å². The van der Waals surface area contributed by atoms with Crippen LogP contribution in [0.2, 0.25) is 0 Å². The lowest BCUT2D eigenvalue weighted by molar-refractivity contribution is 0.578. The molecule has 0 spiro atoms. The number of hydrogen-bond acceptors (Lipinski definition) is 1. The van der Waals surface area contributed by atoms with Gasteiger partial charge in [0.2, 0.25) is 0 Å². The van der Waals surface area contributed by atoms with Gasteiger partial charge in [0.25, 0.3) is 0 Å². The van der Waals surface area contributed by atoms with Gasteiger partial charge in [-0.05, 0) is 34.6 Å². The van der Waals surface area contributed by atoms with Crippen LogP contribution in [0, 0.1) is 0 Å². The Labute approximate surface area is 101 Å². The number of nitrogens with one attached hydrogen (secondary N) is 2. The van der Waals surface area contributed by atoms with Gasteiger partial charge in [-0.1, -0.05) is 34.6 Å². The Morgan fingerprint density at radius 3 is 2.06 bits per heavy atom. The molecule has 17 heavy (non-hydrogen) atoms. The molecule has 3 heteroatoms. The number of H-pyrrole nitrogens is 2. The smallest absolute Gasteiger partial charge is 0.306 e. The Balaban J connectivity index is 2.79. The monoisotopic (exact) mass is 232 g/mol. The molecule has 0 aliphatic heterocycles. The van der Waals surface area contributed by atoms with Crippen LogP contribution in [0.4, 0.5) is 0 Å². The molecular weight excluding hydrogens is 212 g/mol. The van der Waals surface area contributed by atoms with E-state index < -0.39 is 0 Å². The molecule has 0 bridgehead atoms. The summed E-state index contributed by atoms with van der Waals surface area (Å²) in [6.45, 7) is 11.0. The summed E-state index contributed by atoms with van der Waals surface area (Å²) in [5, 5.41) is 0. The molecule has 2 N–H and O–H groups in total. The summed E-state index contributed by atoms with van der Waals surface area (Å²) in [7, 11) is 0. The SMILES string of the molecule is CC(C)c1cc2[nH]c(=O)[nH]c2cc1C(C)(C)C. The van der Waals surface area contributed by atoms with Crippen LogP contribution in [-0.4, -0.2) is 9.97 Å². The molecule has 0 aliphatic rings. The summed E-state index contributed by atoms with van der Waals surface area (Å²) in [4.78, 5) is 17.0. The molecule has 0 saturated heterocycles. The largest absolute Gasteiger partial charge is 0.323 e. The summed E-state index contributed by atoms with van der Waals surface area (Å²) in [6, 6.07) is 4.20. The molecule has 0 aliphatic carbocycles. The van der Waals surface area contributed by atoms with Gasteiger partial charge < -0.3 is 9.97 Å². The summed E-state index contributed by atoms with van der Waals surface area (Å²) in [5.74, 6) is 0.451. The normalized spacial score (nSPS) is 12.6. The molecular formula is C14H20N2O. The fourth-order valence-electron chi connectivity index (χ4n) is 2.23. The Kier molecular flexibility index (Phi) is 2.64. The van der Waals surface area contributed by atoms with Gasteiger partial charge in [0.15, 0.2) is 0 Å². The highest BCUT2D eigenvalue weighted by molar-refractivity contribution is 5.77. The van der Waals surface area contributed by atoms with Crippen LogP contribution in [0.25, 0.3) is 11.0 Å². The summed E-state index contributed by atoms with van der Waals surface area (Å²) in [6.07, 6.45) is 0. The van der Waals surface area contributed by atoms with Crippen molar-refractivity contribution in [2.75, 3.05) is 0 Å². The van der Waals surface area contributed by atoms with E-state index in [1.807, 2.05) is 0 Å². The molecule has 2 rings (SSSR count). The molecule has 3 nitrogen and oxygen atoms in total. The van der Waals surface area contributed by atoms with Gasteiger partial charge in [-0.25, -0.2) is 4.79 Å². The van der Waals surface area contributed by atoms with Crippen molar-refractivity contribution < 1.29 is 0 Å². The first kappa shape index (κ1) is 12.0. The van der Waals surface area contributed by atoms with Crippen molar-refractivity contribution in [3.63, 3.8) is 0 Å². The number of benzene rings is 1. The number of imidazole rings is 1. The van der Waals surface area contributed by atoms with Crippen molar-refractivity contribution in [2.24, 2.45) is 0 Å². The van der Waals surface area contributed by atoms with Gasteiger partial charge in [-0.15, -0.1) is 0 Å². The molecule has 0 radical (unpaired) electrons. The van der Waals surface area contributed by atoms with Crippen molar-refractivity contribution in [3.05, 3.63) is 33.7 Å². The fraction of sp³-hybridized carbons (Fsp3) is 0.500. The minimum atomic E-state index is -0.138. The van der Waals surface area contributed by atoms with Crippen LogP contribution in [0.1, 0.15) is 51.7 Å². The van der Waals surface area contributed by atoms with Crippen LogP contribution in [0.5, 0.6) is 0 Å². The third kappa shape index (κ3) is 2.14. The zero-order chi connectivity index (χ0) is 12.8. The molecule has 1 aromatic heterocycles. The van der Waals surface area contributed by atoms with E-state index in [1.165, 1.54) is 11.1 Å². The maximum absolute atomic E-state index is 11.3. The molecule has 0 atom stereocenters. The van der Waals surface area contributed by atoms with Crippen molar-refractivity contribution in [3.8, 4) is 0 Å². The molecule has 1 aromatic carbocycles. The number of aromatic amines is 2. The first-order chi connectivity index (χ1) is 7.79. The van der Waals surface area contributed by atoms with Crippen LogP contribution in [-0.2, 0) is 5.41 Å². The molecule has 92 valence electrons. The first-order valence-electron chi connectivity index (χ1n) is 6.05. The molecule has 0 amide bonds. The van der Waals surface area contributed by atoms with Gasteiger partial charge >= 0.3 is 5.69 Å². The van der Waals surface area contributed by atoms with E-state index >= 15 is 0 Å².